The number of hydrogen-bond acceptors (Lipinski definition) is 4. The lowest BCUT2D eigenvalue weighted by atomic mass is 10.2. The quantitative estimate of drug-likeness (QED) is 0.735. The van der Waals surface area contributed by atoms with Crippen molar-refractivity contribution in [2.75, 3.05) is 11.9 Å². The molecule has 1 N–H and O–H groups in total. The summed E-state index contributed by atoms with van der Waals surface area (Å²) in [6.45, 7) is 3.02. The summed E-state index contributed by atoms with van der Waals surface area (Å²) >= 11 is 3.34. The standard InChI is InChI=1S/C18H17BrFNO4/c1-11-6-7-16(15(19)8-11)24-10-17(22)25-12(2)18(23)21-14-5-3-4-13(20)9-14/h3-9,12H,10H2,1-2H3,(H,21,23)/t12-/m0/s1. The number of esters is 1. The Balaban J connectivity index is 1.83. The van der Waals surface area contributed by atoms with Gasteiger partial charge in [-0.15, -0.1) is 0 Å². The van der Waals surface area contributed by atoms with Crippen LogP contribution < -0.4 is 10.1 Å². The fourth-order valence-electron chi connectivity index (χ4n) is 1.95. The lowest BCUT2D eigenvalue weighted by Crippen LogP contribution is -2.31. The van der Waals surface area contributed by atoms with Gasteiger partial charge < -0.3 is 14.8 Å². The van der Waals surface area contributed by atoms with E-state index in [4.69, 9.17) is 9.47 Å². The predicted molar refractivity (Wildman–Crippen MR) is 95.0 cm³/mol. The first-order chi connectivity index (χ1) is 11.8. The van der Waals surface area contributed by atoms with Gasteiger partial charge in [-0.2, -0.15) is 0 Å². The van der Waals surface area contributed by atoms with E-state index in [0.717, 1.165) is 10.0 Å². The minimum absolute atomic E-state index is 0.285. The van der Waals surface area contributed by atoms with Crippen LogP contribution in [0.1, 0.15) is 12.5 Å². The monoisotopic (exact) mass is 409 g/mol. The Morgan fingerprint density at radius 2 is 2.00 bits per heavy atom. The highest BCUT2D eigenvalue weighted by Gasteiger charge is 2.18. The third-order valence-corrected chi connectivity index (χ3v) is 3.82. The molecule has 2 aromatic carbocycles. The molecule has 1 amide bonds. The van der Waals surface area contributed by atoms with Gasteiger partial charge >= 0.3 is 5.97 Å². The first-order valence-corrected chi connectivity index (χ1v) is 8.29. The van der Waals surface area contributed by atoms with Crippen molar-refractivity contribution in [3.05, 3.63) is 58.3 Å². The maximum Gasteiger partial charge on any atom is 0.344 e. The molecule has 132 valence electrons. The van der Waals surface area contributed by atoms with Crippen molar-refractivity contribution < 1.29 is 23.5 Å². The van der Waals surface area contributed by atoms with Crippen molar-refractivity contribution in [1.82, 2.24) is 0 Å². The van der Waals surface area contributed by atoms with Gasteiger partial charge in [0.1, 0.15) is 11.6 Å². The van der Waals surface area contributed by atoms with Gasteiger partial charge in [0.25, 0.3) is 5.91 Å². The van der Waals surface area contributed by atoms with E-state index in [-0.39, 0.29) is 12.3 Å². The Morgan fingerprint density at radius 1 is 1.24 bits per heavy atom. The van der Waals surface area contributed by atoms with Crippen molar-refractivity contribution >= 4 is 33.5 Å². The zero-order valence-electron chi connectivity index (χ0n) is 13.7. The number of carbonyl (C=O) groups excluding carboxylic acids is 2. The fraction of sp³-hybridized carbons (Fsp3) is 0.222. The SMILES string of the molecule is Cc1ccc(OCC(=O)O[C@@H](C)C(=O)Nc2cccc(F)c2)c(Br)c1. The molecule has 0 saturated carbocycles. The summed E-state index contributed by atoms with van der Waals surface area (Å²) in [5.41, 5.74) is 1.33. The summed E-state index contributed by atoms with van der Waals surface area (Å²) in [7, 11) is 0. The van der Waals surface area contributed by atoms with E-state index in [1.165, 1.54) is 31.2 Å². The molecule has 0 aliphatic carbocycles. The van der Waals surface area contributed by atoms with Crippen molar-refractivity contribution in [3.8, 4) is 5.75 Å². The molecule has 0 spiro atoms. The predicted octanol–water partition coefficient (Wildman–Crippen LogP) is 3.85. The number of amides is 1. The smallest absolute Gasteiger partial charge is 0.344 e. The van der Waals surface area contributed by atoms with Crippen LogP contribution in [0.4, 0.5) is 10.1 Å². The molecule has 0 unspecified atom stereocenters. The molecule has 2 aromatic rings. The highest BCUT2D eigenvalue weighted by atomic mass is 79.9. The van der Waals surface area contributed by atoms with Gasteiger partial charge in [0, 0.05) is 5.69 Å². The highest BCUT2D eigenvalue weighted by Crippen LogP contribution is 2.25. The number of benzene rings is 2. The van der Waals surface area contributed by atoms with Crippen molar-refractivity contribution in [3.63, 3.8) is 0 Å². The first kappa shape index (κ1) is 18.9. The lowest BCUT2D eigenvalue weighted by molar-refractivity contribution is -0.155. The van der Waals surface area contributed by atoms with Crippen LogP contribution in [0.5, 0.6) is 5.75 Å². The summed E-state index contributed by atoms with van der Waals surface area (Å²) in [5, 5.41) is 2.47. The van der Waals surface area contributed by atoms with Crippen LogP contribution in [0, 0.1) is 12.7 Å². The molecule has 2 rings (SSSR count). The number of aryl methyl sites for hydroxylation is 1. The Labute approximate surface area is 153 Å². The van der Waals surface area contributed by atoms with Crippen molar-refractivity contribution in [1.29, 1.82) is 0 Å². The number of nitrogens with one attached hydrogen (secondary N) is 1. The summed E-state index contributed by atoms with van der Waals surface area (Å²) in [6, 6.07) is 10.9. The van der Waals surface area contributed by atoms with Crippen LogP contribution >= 0.6 is 15.9 Å². The highest BCUT2D eigenvalue weighted by molar-refractivity contribution is 9.10. The molecule has 0 radical (unpaired) electrons. The van der Waals surface area contributed by atoms with Gasteiger partial charge in [-0.1, -0.05) is 12.1 Å². The molecule has 7 heteroatoms. The van der Waals surface area contributed by atoms with E-state index in [2.05, 4.69) is 21.2 Å². The van der Waals surface area contributed by atoms with Gasteiger partial charge in [-0.3, -0.25) is 4.79 Å². The zero-order valence-corrected chi connectivity index (χ0v) is 15.3. The zero-order chi connectivity index (χ0) is 18.4. The number of rotatable bonds is 6. The van der Waals surface area contributed by atoms with Gasteiger partial charge in [0.05, 0.1) is 4.47 Å². The minimum atomic E-state index is -1.04. The largest absolute Gasteiger partial charge is 0.481 e. The third kappa shape index (κ3) is 5.86. The van der Waals surface area contributed by atoms with Gasteiger partial charge in [-0.05, 0) is 65.7 Å². The van der Waals surface area contributed by atoms with E-state index < -0.39 is 23.8 Å². The number of halogens is 2. The second-order valence-electron chi connectivity index (χ2n) is 5.35. The van der Waals surface area contributed by atoms with E-state index in [9.17, 15) is 14.0 Å². The molecule has 0 fully saturated rings. The van der Waals surface area contributed by atoms with Crippen molar-refractivity contribution in [2.24, 2.45) is 0 Å². The average molecular weight is 410 g/mol. The van der Waals surface area contributed by atoms with E-state index in [1.807, 2.05) is 19.1 Å². The number of carbonyl (C=O) groups is 2. The van der Waals surface area contributed by atoms with Gasteiger partial charge in [0.15, 0.2) is 12.7 Å². The second-order valence-corrected chi connectivity index (χ2v) is 6.21. The van der Waals surface area contributed by atoms with Crippen LogP contribution in [0.3, 0.4) is 0 Å². The normalized spacial score (nSPS) is 11.5. The summed E-state index contributed by atoms with van der Waals surface area (Å²) in [5.74, 6) is -1.22. The fourth-order valence-corrected chi connectivity index (χ4v) is 2.56. The molecule has 0 aromatic heterocycles. The average Bonchev–Trinajstić information content (AvgIpc) is 2.54. The van der Waals surface area contributed by atoms with E-state index in [0.29, 0.717) is 5.75 Å². The molecule has 0 saturated heterocycles. The molecule has 5 nitrogen and oxygen atoms in total. The summed E-state index contributed by atoms with van der Waals surface area (Å²) in [4.78, 5) is 23.8. The molecular weight excluding hydrogens is 393 g/mol. The third-order valence-electron chi connectivity index (χ3n) is 3.20. The maximum atomic E-state index is 13.1. The van der Waals surface area contributed by atoms with E-state index in [1.54, 1.807) is 6.07 Å². The maximum absolute atomic E-state index is 13.1. The Morgan fingerprint density at radius 3 is 2.68 bits per heavy atom. The van der Waals surface area contributed by atoms with Crippen LogP contribution in [-0.2, 0) is 14.3 Å². The molecule has 0 bridgehead atoms. The number of anilines is 1. The van der Waals surface area contributed by atoms with Crippen LogP contribution in [0.15, 0.2) is 46.9 Å². The summed E-state index contributed by atoms with van der Waals surface area (Å²) < 4.78 is 24.2. The van der Waals surface area contributed by atoms with Crippen LogP contribution in [0.2, 0.25) is 0 Å². The Kier molecular flexibility index (Phi) is 6.52. The molecule has 0 aliphatic rings. The topological polar surface area (TPSA) is 64.6 Å². The van der Waals surface area contributed by atoms with Crippen LogP contribution in [-0.4, -0.2) is 24.6 Å². The molecule has 0 aliphatic heterocycles. The number of ether oxygens (including phenoxy) is 2. The molecule has 1 atom stereocenters. The summed E-state index contributed by atoms with van der Waals surface area (Å²) in [6.07, 6.45) is -1.04. The van der Waals surface area contributed by atoms with Gasteiger partial charge in [0.2, 0.25) is 0 Å². The van der Waals surface area contributed by atoms with Crippen LogP contribution in [0.25, 0.3) is 0 Å². The molecule has 0 heterocycles. The number of hydrogen-bond donors (Lipinski definition) is 1. The Bertz CT molecular complexity index is 781. The minimum Gasteiger partial charge on any atom is -0.481 e. The molecule has 25 heavy (non-hydrogen) atoms. The Hall–Kier alpha value is -2.41. The van der Waals surface area contributed by atoms with E-state index >= 15 is 0 Å². The second kappa shape index (κ2) is 8.62. The molecular formula is C18H17BrFNO4. The van der Waals surface area contributed by atoms with Gasteiger partial charge in [-0.25, -0.2) is 9.18 Å². The first-order valence-electron chi connectivity index (χ1n) is 7.50. The lowest BCUT2D eigenvalue weighted by Gasteiger charge is -2.14. The van der Waals surface area contributed by atoms with Crippen molar-refractivity contribution in [2.45, 2.75) is 20.0 Å².